The highest BCUT2D eigenvalue weighted by Crippen LogP contribution is 2.28. The number of para-hydroxylation sites is 1. The van der Waals surface area contributed by atoms with Gasteiger partial charge in [0.1, 0.15) is 6.04 Å². The normalized spacial score (nSPS) is 11.9. The van der Waals surface area contributed by atoms with E-state index in [1.165, 1.54) is 0 Å². The van der Waals surface area contributed by atoms with Gasteiger partial charge in [0.25, 0.3) is 0 Å². The lowest BCUT2D eigenvalue weighted by molar-refractivity contribution is 0.729. The molecule has 5 heteroatoms. The number of aromatic nitrogens is 2. The second-order valence-electron chi connectivity index (χ2n) is 4.39. The van der Waals surface area contributed by atoms with Gasteiger partial charge in [-0.1, -0.05) is 23.7 Å². The van der Waals surface area contributed by atoms with Gasteiger partial charge in [0.05, 0.1) is 22.5 Å². The summed E-state index contributed by atoms with van der Waals surface area (Å²) in [5.41, 5.74) is 3.48. The fourth-order valence-electron chi connectivity index (χ4n) is 2.11. The van der Waals surface area contributed by atoms with E-state index in [1.54, 1.807) is 10.7 Å². The monoisotopic (exact) mass is 274 g/mol. The number of hydrogen-bond acceptors (Lipinski definition) is 3. The van der Waals surface area contributed by atoms with Crippen LogP contribution in [-0.4, -0.2) is 9.78 Å². The van der Waals surface area contributed by atoms with Gasteiger partial charge < -0.3 is 5.32 Å². The Labute approximate surface area is 117 Å². The van der Waals surface area contributed by atoms with Gasteiger partial charge in [-0.3, -0.25) is 4.68 Å². The molecule has 1 N–H and O–H groups in total. The first-order chi connectivity index (χ1) is 9.04. The molecule has 0 amide bonds. The number of nitriles is 1. The van der Waals surface area contributed by atoms with E-state index < -0.39 is 6.04 Å². The Kier molecular flexibility index (Phi) is 3.77. The van der Waals surface area contributed by atoms with E-state index in [1.807, 2.05) is 39.1 Å². The Hall–Kier alpha value is -1.99. The predicted molar refractivity (Wildman–Crippen MR) is 76.1 cm³/mol. The standard InChI is InChI=1S/C14H15ClN4/c1-9-14(10(2)19(3)18-9)13(8-16)17-12-7-5-4-6-11(12)15/h4-7,13,17H,1-3H3. The quantitative estimate of drug-likeness (QED) is 0.934. The molecular weight excluding hydrogens is 260 g/mol. The van der Waals surface area contributed by atoms with Gasteiger partial charge in [-0.05, 0) is 26.0 Å². The number of benzene rings is 1. The van der Waals surface area contributed by atoms with Crippen LogP contribution in [0.15, 0.2) is 24.3 Å². The molecule has 0 radical (unpaired) electrons. The van der Waals surface area contributed by atoms with E-state index in [-0.39, 0.29) is 0 Å². The molecular formula is C14H15ClN4. The van der Waals surface area contributed by atoms with Crippen LogP contribution < -0.4 is 5.32 Å². The van der Waals surface area contributed by atoms with E-state index in [9.17, 15) is 5.26 Å². The molecule has 0 aliphatic rings. The fraction of sp³-hybridized carbons (Fsp3) is 0.286. The topological polar surface area (TPSA) is 53.6 Å². The Bertz CT molecular complexity index is 639. The highest BCUT2D eigenvalue weighted by atomic mass is 35.5. The number of nitrogens with one attached hydrogen (secondary N) is 1. The van der Waals surface area contributed by atoms with E-state index in [0.717, 1.165) is 22.6 Å². The molecule has 2 aromatic rings. The lowest BCUT2D eigenvalue weighted by Crippen LogP contribution is -2.11. The molecule has 1 atom stereocenters. The van der Waals surface area contributed by atoms with E-state index in [2.05, 4.69) is 16.5 Å². The van der Waals surface area contributed by atoms with Crippen molar-refractivity contribution in [3.05, 3.63) is 46.2 Å². The molecule has 0 bridgehead atoms. The van der Waals surface area contributed by atoms with Crippen molar-refractivity contribution in [1.82, 2.24) is 9.78 Å². The lowest BCUT2D eigenvalue weighted by Gasteiger charge is -2.14. The molecule has 1 aromatic heterocycles. The van der Waals surface area contributed by atoms with E-state index in [0.29, 0.717) is 5.02 Å². The SMILES string of the molecule is Cc1nn(C)c(C)c1C(C#N)Nc1ccccc1Cl. The summed E-state index contributed by atoms with van der Waals surface area (Å²) in [4.78, 5) is 0. The second kappa shape index (κ2) is 5.33. The first kappa shape index (κ1) is 13.4. The van der Waals surface area contributed by atoms with Crippen molar-refractivity contribution >= 4 is 17.3 Å². The third-order valence-corrected chi connectivity index (χ3v) is 3.49. The zero-order valence-corrected chi connectivity index (χ0v) is 11.9. The minimum Gasteiger partial charge on any atom is -0.365 e. The van der Waals surface area contributed by atoms with Crippen LogP contribution in [0.1, 0.15) is 23.0 Å². The summed E-state index contributed by atoms with van der Waals surface area (Å²) in [5, 5.41) is 17.5. The zero-order valence-electron chi connectivity index (χ0n) is 11.1. The molecule has 1 aromatic carbocycles. The number of aryl methyl sites for hydroxylation is 2. The Balaban J connectivity index is 2.37. The first-order valence-electron chi connectivity index (χ1n) is 5.95. The average molecular weight is 275 g/mol. The number of halogens is 1. The fourth-order valence-corrected chi connectivity index (χ4v) is 2.30. The van der Waals surface area contributed by atoms with Gasteiger partial charge in [-0.2, -0.15) is 10.4 Å². The maximum atomic E-state index is 9.40. The van der Waals surface area contributed by atoms with Crippen molar-refractivity contribution in [2.45, 2.75) is 19.9 Å². The van der Waals surface area contributed by atoms with Gasteiger partial charge in [0, 0.05) is 18.3 Å². The summed E-state index contributed by atoms with van der Waals surface area (Å²) in [6, 6.07) is 9.19. The Morgan fingerprint density at radius 1 is 1.37 bits per heavy atom. The highest BCUT2D eigenvalue weighted by molar-refractivity contribution is 6.33. The molecule has 0 saturated carbocycles. The average Bonchev–Trinajstić information content (AvgIpc) is 2.63. The third-order valence-electron chi connectivity index (χ3n) is 3.16. The highest BCUT2D eigenvalue weighted by Gasteiger charge is 2.20. The molecule has 0 aliphatic carbocycles. The third kappa shape index (κ3) is 2.56. The van der Waals surface area contributed by atoms with Gasteiger partial charge >= 0.3 is 0 Å². The molecule has 19 heavy (non-hydrogen) atoms. The maximum Gasteiger partial charge on any atom is 0.143 e. The molecule has 0 saturated heterocycles. The van der Waals surface area contributed by atoms with Crippen LogP contribution in [0.2, 0.25) is 5.02 Å². The molecule has 2 rings (SSSR count). The summed E-state index contributed by atoms with van der Waals surface area (Å²) in [7, 11) is 1.87. The summed E-state index contributed by atoms with van der Waals surface area (Å²) in [6.07, 6.45) is 0. The molecule has 0 spiro atoms. The number of hydrogen-bond donors (Lipinski definition) is 1. The Morgan fingerprint density at radius 3 is 2.58 bits per heavy atom. The number of rotatable bonds is 3. The van der Waals surface area contributed by atoms with Crippen molar-refractivity contribution in [1.29, 1.82) is 5.26 Å². The number of anilines is 1. The van der Waals surface area contributed by atoms with Crippen molar-refractivity contribution in [3.8, 4) is 6.07 Å². The van der Waals surface area contributed by atoms with E-state index in [4.69, 9.17) is 11.6 Å². The minimum absolute atomic E-state index is 0.464. The largest absolute Gasteiger partial charge is 0.365 e. The maximum absolute atomic E-state index is 9.40. The van der Waals surface area contributed by atoms with Crippen LogP contribution in [0.3, 0.4) is 0 Å². The van der Waals surface area contributed by atoms with Crippen LogP contribution in [-0.2, 0) is 7.05 Å². The van der Waals surface area contributed by atoms with Gasteiger partial charge in [-0.15, -0.1) is 0 Å². The van der Waals surface area contributed by atoms with Crippen LogP contribution in [0.5, 0.6) is 0 Å². The lowest BCUT2D eigenvalue weighted by atomic mass is 10.1. The van der Waals surface area contributed by atoms with Crippen LogP contribution in [0.4, 0.5) is 5.69 Å². The summed E-state index contributed by atoms with van der Waals surface area (Å²) in [5.74, 6) is 0. The summed E-state index contributed by atoms with van der Waals surface area (Å²) >= 11 is 6.10. The van der Waals surface area contributed by atoms with Crippen molar-refractivity contribution in [3.63, 3.8) is 0 Å². The van der Waals surface area contributed by atoms with Crippen LogP contribution >= 0.6 is 11.6 Å². The van der Waals surface area contributed by atoms with Crippen molar-refractivity contribution < 1.29 is 0 Å². The van der Waals surface area contributed by atoms with Crippen LogP contribution in [0, 0.1) is 25.2 Å². The van der Waals surface area contributed by atoms with Crippen LogP contribution in [0.25, 0.3) is 0 Å². The first-order valence-corrected chi connectivity index (χ1v) is 6.33. The van der Waals surface area contributed by atoms with Crippen molar-refractivity contribution in [2.24, 2.45) is 7.05 Å². The second-order valence-corrected chi connectivity index (χ2v) is 4.80. The molecule has 1 heterocycles. The molecule has 0 fully saturated rings. The molecule has 98 valence electrons. The molecule has 1 unspecified atom stereocenters. The Morgan fingerprint density at radius 2 is 2.05 bits per heavy atom. The predicted octanol–water partition coefficient (Wildman–Crippen LogP) is 3.37. The molecule has 0 aliphatic heterocycles. The van der Waals surface area contributed by atoms with Gasteiger partial charge in [-0.25, -0.2) is 0 Å². The smallest absolute Gasteiger partial charge is 0.143 e. The molecule has 4 nitrogen and oxygen atoms in total. The number of nitrogens with zero attached hydrogens (tertiary/aromatic N) is 3. The van der Waals surface area contributed by atoms with Crippen molar-refractivity contribution in [2.75, 3.05) is 5.32 Å². The van der Waals surface area contributed by atoms with E-state index >= 15 is 0 Å². The summed E-state index contributed by atoms with van der Waals surface area (Å²) in [6.45, 7) is 3.86. The minimum atomic E-state index is -0.464. The van der Waals surface area contributed by atoms with Gasteiger partial charge in [0.15, 0.2) is 0 Å². The van der Waals surface area contributed by atoms with Gasteiger partial charge in [0.2, 0.25) is 0 Å². The summed E-state index contributed by atoms with van der Waals surface area (Å²) < 4.78 is 1.78. The zero-order chi connectivity index (χ0) is 14.0.